The van der Waals surface area contributed by atoms with Crippen molar-refractivity contribution in [2.75, 3.05) is 0 Å². The summed E-state index contributed by atoms with van der Waals surface area (Å²) < 4.78 is 0.577. The molecule has 0 atom stereocenters. The average Bonchev–Trinajstić information content (AvgIpc) is 2.83. The van der Waals surface area contributed by atoms with Gasteiger partial charge >= 0.3 is 0 Å². The van der Waals surface area contributed by atoms with Crippen LogP contribution in [0.3, 0.4) is 0 Å². The average molecular weight is 272 g/mol. The van der Waals surface area contributed by atoms with E-state index in [-0.39, 0.29) is 0 Å². The Morgan fingerprint density at radius 2 is 1.33 bits per heavy atom. The van der Waals surface area contributed by atoms with Gasteiger partial charge in [0.25, 0.3) is 0 Å². The summed E-state index contributed by atoms with van der Waals surface area (Å²) in [5.41, 5.74) is 3.21. The topological polar surface area (TPSA) is 12.9 Å². The first-order chi connectivity index (χ1) is 8.84. The molecule has 0 aliphatic carbocycles. The number of hydrogen-bond acceptors (Lipinski definition) is 2. The highest BCUT2D eigenvalue weighted by molar-refractivity contribution is 7.19. The zero-order valence-electron chi connectivity index (χ0n) is 9.51. The van der Waals surface area contributed by atoms with Crippen LogP contribution in [0.4, 0.5) is 0 Å². The maximum atomic E-state index is 6.07. The Morgan fingerprint density at radius 1 is 0.778 bits per heavy atom. The molecule has 88 valence electrons. The highest BCUT2D eigenvalue weighted by atomic mass is 35.5. The van der Waals surface area contributed by atoms with Gasteiger partial charge in [-0.15, -0.1) is 11.3 Å². The number of benzene rings is 2. The summed E-state index contributed by atoms with van der Waals surface area (Å²) in [4.78, 5) is 5.56. The lowest BCUT2D eigenvalue weighted by Crippen LogP contribution is -1.81. The highest BCUT2D eigenvalue weighted by Gasteiger charge is 2.13. The predicted molar refractivity (Wildman–Crippen MR) is 78.0 cm³/mol. The van der Waals surface area contributed by atoms with E-state index in [0.29, 0.717) is 4.47 Å². The van der Waals surface area contributed by atoms with Gasteiger partial charge < -0.3 is 0 Å². The number of hydrogen-bond donors (Lipinski definition) is 0. The summed E-state index contributed by atoms with van der Waals surface area (Å²) in [5.74, 6) is 0. The maximum absolute atomic E-state index is 6.07. The predicted octanol–water partition coefficient (Wildman–Crippen LogP) is 5.13. The van der Waals surface area contributed by atoms with Crippen LogP contribution in [-0.2, 0) is 0 Å². The van der Waals surface area contributed by atoms with Gasteiger partial charge in [-0.2, -0.15) is 0 Å². The largest absolute Gasteiger partial charge is 0.224 e. The molecule has 3 rings (SSSR count). The molecule has 0 saturated heterocycles. The van der Waals surface area contributed by atoms with Gasteiger partial charge in [-0.1, -0.05) is 72.3 Å². The van der Waals surface area contributed by atoms with E-state index in [2.05, 4.69) is 29.2 Å². The van der Waals surface area contributed by atoms with Gasteiger partial charge in [0.05, 0.1) is 10.6 Å². The van der Waals surface area contributed by atoms with Gasteiger partial charge in [0.1, 0.15) is 0 Å². The molecule has 0 fully saturated rings. The van der Waals surface area contributed by atoms with Crippen LogP contribution in [0.5, 0.6) is 0 Å². The zero-order valence-corrected chi connectivity index (χ0v) is 11.1. The first-order valence-electron chi connectivity index (χ1n) is 5.62. The Kier molecular flexibility index (Phi) is 3.13. The number of nitrogens with zero attached hydrogens (tertiary/aromatic N) is 1. The van der Waals surface area contributed by atoms with Crippen molar-refractivity contribution >= 4 is 22.9 Å². The molecule has 0 unspecified atom stereocenters. The van der Waals surface area contributed by atoms with Crippen molar-refractivity contribution in [3.8, 4) is 21.7 Å². The summed E-state index contributed by atoms with van der Waals surface area (Å²) in [6.45, 7) is 0. The number of thiazole rings is 1. The monoisotopic (exact) mass is 271 g/mol. The molecule has 1 aromatic heterocycles. The lowest BCUT2D eigenvalue weighted by Gasteiger charge is -2.02. The molecular weight excluding hydrogens is 262 g/mol. The Hall–Kier alpha value is -1.64. The number of rotatable bonds is 2. The lowest BCUT2D eigenvalue weighted by atomic mass is 10.1. The van der Waals surface area contributed by atoms with E-state index in [9.17, 15) is 0 Å². The van der Waals surface area contributed by atoms with E-state index in [0.717, 1.165) is 21.7 Å². The zero-order chi connectivity index (χ0) is 12.4. The summed E-state index contributed by atoms with van der Waals surface area (Å²) in [7, 11) is 0. The van der Waals surface area contributed by atoms with Crippen LogP contribution in [0.15, 0.2) is 60.7 Å². The smallest absolute Gasteiger partial charge is 0.184 e. The van der Waals surface area contributed by atoms with Gasteiger partial charge in [-0.25, -0.2) is 4.98 Å². The van der Waals surface area contributed by atoms with E-state index in [4.69, 9.17) is 11.6 Å². The van der Waals surface area contributed by atoms with Crippen molar-refractivity contribution in [3.05, 3.63) is 65.1 Å². The second-order valence-electron chi connectivity index (χ2n) is 3.88. The van der Waals surface area contributed by atoms with Crippen LogP contribution >= 0.6 is 22.9 Å². The summed E-state index contributed by atoms with van der Waals surface area (Å²) in [6, 6.07) is 20.3. The maximum Gasteiger partial charge on any atom is 0.184 e. The van der Waals surface area contributed by atoms with Crippen molar-refractivity contribution in [1.82, 2.24) is 4.98 Å². The molecule has 0 spiro atoms. The second kappa shape index (κ2) is 4.92. The van der Waals surface area contributed by atoms with Crippen molar-refractivity contribution in [2.45, 2.75) is 0 Å². The Bertz CT molecular complexity index is 590. The molecular formula is C15H10ClNS. The van der Waals surface area contributed by atoms with Gasteiger partial charge in [0, 0.05) is 5.56 Å². The third kappa shape index (κ3) is 2.17. The Balaban J connectivity index is 2.17. The first kappa shape index (κ1) is 11.5. The highest BCUT2D eigenvalue weighted by Crippen LogP contribution is 2.38. The SMILES string of the molecule is Clc1nc(-c2ccccc2)c(-c2ccccc2)s1. The van der Waals surface area contributed by atoms with E-state index in [1.54, 1.807) is 0 Å². The molecule has 3 heteroatoms. The van der Waals surface area contributed by atoms with Crippen LogP contribution in [0.25, 0.3) is 21.7 Å². The van der Waals surface area contributed by atoms with Gasteiger partial charge in [0.2, 0.25) is 0 Å². The molecule has 0 aliphatic heterocycles. The third-order valence-electron chi connectivity index (χ3n) is 2.68. The van der Waals surface area contributed by atoms with Crippen LogP contribution in [0.1, 0.15) is 0 Å². The van der Waals surface area contributed by atoms with E-state index in [1.165, 1.54) is 11.3 Å². The molecule has 1 nitrogen and oxygen atoms in total. The quantitative estimate of drug-likeness (QED) is 0.630. The molecule has 0 bridgehead atoms. The Morgan fingerprint density at radius 3 is 1.94 bits per heavy atom. The molecule has 1 heterocycles. The fraction of sp³-hybridized carbons (Fsp3) is 0. The fourth-order valence-corrected chi connectivity index (χ4v) is 3.01. The number of aromatic nitrogens is 1. The van der Waals surface area contributed by atoms with Crippen molar-refractivity contribution < 1.29 is 0 Å². The molecule has 0 saturated carbocycles. The molecule has 2 aromatic carbocycles. The van der Waals surface area contributed by atoms with Crippen LogP contribution in [0.2, 0.25) is 4.47 Å². The van der Waals surface area contributed by atoms with Gasteiger partial charge in [-0.05, 0) is 5.56 Å². The van der Waals surface area contributed by atoms with Crippen molar-refractivity contribution in [1.29, 1.82) is 0 Å². The van der Waals surface area contributed by atoms with Crippen molar-refractivity contribution in [2.24, 2.45) is 0 Å². The molecule has 18 heavy (non-hydrogen) atoms. The van der Waals surface area contributed by atoms with Gasteiger partial charge in [-0.3, -0.25) is 0 Å². The third-order valence-corrected chi connectivity index (χ3v) is 3.89. The molecule has 0 N–H and O–H groups in total. The van der Waals surface area contributed by atoms with Crippen LogP contribution in [-0.4, -0.2) is 4.98 Å². The minimum atomic E-state index is 0.577. The normalized spacial score (nSPS) is 10.5. The first-order valence-corrected chi connectivity index (χ1v) is 6.81. The van der Waals surface area contributed by atoms with E-state index < -0.39 is 0 Å². The minimum absolute atomic E-state index is 0.577. The number of halogens is 1. The fourth-order valence-electron chi connectivity index (χ4n) is 1.87. The molecule has 0 radical (unpaired) electrons. The summed E-state index contributed by atoms with van der Waals surface area (Å²) in [6.07, 6.45) is 0. The Labute approximate surface area is 115 Å². The standard InChI is InChI=1S/C15H10ClNS/c16-15-17-13(11-7-3-1-4-8-11)14(18-15)12-9-5-2-6-10-12/h1-10H. The molecule has 3 aromatic rings. The summed E-state index contributed by atoms with van der Waals surface area (Å²) in [5, 5.41) is 0. The molecule has 0 aliphatic rings. The van der Waals surface area contributed by atoms with Crippen LogP contribution < -0.4 is 0 Å². The summed E-state index contributed by atoms with van der Waals surface area (Å²) >= 11 is 7.59. The van der Waals surface area contributed by atoms with Crippen LogP contribution in [0, 0.1) is 0 Å². The second-order valence-corrected chi connectivity index (χ2v) is 5.46. The van der Waals surface area contributed by atoms with Gasteiger partial charge in [0.15, 0.2) is 4.47 Å². The van der Waals surface area contributed by atoms with Crippen molar-refractivity contribution in [3.63, 3.8) is 0 Å². The molecule has 0 amide bonds. The lowest BCUT2D eigenvalue weighted by molar-refractivity contribution is 1.41. The minimum Gasteiger partial charge on any atom is -0.224 e. The van der Waals surface area contributed by atoms with E-state index in [1.807, 2.05) is 36.4 Å². The van der Waals surface area contributed by atoms with E-state index >= 15 is 0 Å².